The standard InChI is InChI=1S/C46H32N4/c1-4-14-31(15-5-1)40-29-41(32-16-6-2-7-17-32)48-46(47-40)33-24-26-35(27-25-33)50-43-23-13-11-21-37(43)39-28-38-36-20-10-12-22-42(36)49(44(38)30-45(39)50)34-18-8-3-9-19-34/h1-6,8-16,18-30H,7,17H2. The van der Waals surface area contributed by atoms with Crippen molar-refractivity contribution in [3.63, 3.8) is 0 Å². The highest BCUT2D eigenvalue weighted by molar-refractivity contribution is 6.19. The zero-order chi connectivity index (χ0) is 33.0. The van der Waals surface area contributed by atoms with Crippen molar-refractivity contribution in [2.45, 2.75) is 12.8 Å². The van der Waals surface area contributed by atoms with E-state index in [1.165, 1.54) is 49.2 Å². The maximum absolute atomic E-state index is 5.12. The molecule has 10 rings (SSSR count). The molecule has 0 saturated heterocycles. The Hall–Kier alpha value is -6.52. The molecule has 50 heavy (non-hydrogen) atoms. The molecule has 236 valence electrons. The Morgan fingerprint density at radius 1 is 0.440 bits per heavy atom. The van der Waals surface area contributed by atoms with Crippen molar-refractivity contribution in [1.82, 2.24) is 19.1 Å². The molecule has 1 aliphatic rings. The van der Waals surface area contributed by atoms with Gasteiger partial charge in [0.15, 0.2) is 5.82 Å². The first-order valence-corrected chi connectivity index (χ1v) is 17.2. The Morgan fingerprint density at radius 3 is 1.66 bits per heavy atom. The predicted molar refractivity (Wildman–Crippen MR) is 208 cm³/mol. The average Bonchev–Trinajstić information content (AvgIpc) is 3.70. The van der Waals surface area contributed by atoms with Crippen molar-refractivity contribution in [3.8, 4) is 34.0 Å². The Kier molecular flexibility index (Phi) is 6.59. The van der Waals surface area contributed by atoms with E-state index in [0.717, 1.165) is 52.6 Å². The van der Waals surface area contributed by atoms with Crippen LogP contribution in [0.5, 0.6) is 0 Å². The van der Waals surface area contributed by atoms with E-state index in [1.807, 2.05) is 6.07 Å². The summed E-state index contributed by atoms with van der Waals surface area (Å²) in [6.45, 7) is 0. The largest absolute Gasteiger partial charge is 0.309 e. The number of aromatic nitrogens is 4. The number of allylic oxidation sites excluding steroid dienone is 4. The number of hydrogen-bond acceptors (Lipinski definition) is 2. The number of benzene rings is 6. The topological polar surface area (TPSA) is 35.6 Å². The quantitative estimate of drug-likeness (QED) is 0.188. The lowest BCUT2D eigenvalue weighted by atomic mass is 10.00. The van der Waals surface area contributed by atoms with E-state index in [2.05, 4.69) is 173 Å². The Bertz CT molecular complexity index is 2780. The first-order chi connectivity index (χ1) is 24.8. The maximum Gasteiger partial charge on any atom is 0.160 e. The van der Waals surface area contributed by atoms with Crippen LogP contribution >= 0.6 is 0 Å². The summed E-state index contributed by atoms with van der Waals surface area (Å²) >= 11 is 0. The lowest BCUT2D eigenvalue weighted by molar-refractivity contribution is 1.03. The van der Waals surface area contributed by atoms with Crippen LogP contribution in [0.2, 0.25) is 0 Å². The summed E-state index contributed by atoms with van der Waals surface area (Å²) in [5.74, 6) is 0.736. The van der Waals surface area contributed by atoms with Gasteiger partial charge in [0.05, 0.1) is 33.5 Å². The second-order valence-corrected chi connectivity index (χ2v) is 13.0. The average molecular weight is 641 g/mol. The van der Waals surface area contributed by atoms with Crippen molar-refractivity contribution in [2.75, 3.05) is 0 Å². The molecule has 0 fully saturated rings. The lowest BCUT2D eigenvalue weighted by Gasteiger charge is -2.13. The minimum atomic E-state index is 0.736. The highest BCUT2D eigenvalue weighted by atomic mass is 15.0. The van der Waals surface area contributed by atoms with Crippen molar-refractivity contribution in [1.29, 1.82) is 0 Å². The summed E-state index contributed by atoms with van der Waals surface area (Å²) in [5.41, 5.74) is 12.3. The normalized spacial score (nSPS) is 13.1. The smallest absolute Gasteiger partial charge is 0.160 e. The zero-order valence-electron chi connectivity index (χ0n) is 27.4. The molecule has 9 aromatic rings. The molecule has 0 spiro atoms. The fourth-order valence-electron chi connectivity index (χ4n) is 7.64. The Balaban J connectivity index is 1.16. The second-order valence-electron chi connectivity index (χ2n) is 13.0. The summed E-state index contributed by atoms with van der Waals surface area (Å²) in [5, 5.41) is 4.99. The Labute approximate surface area is 289 Å². The highest BCUT2D eigenvalue weighted by Gasteiger charge is 2.19. The minimum Gasteiger partial charge on any atom is -0.309 e. The van der Waals surface area contributed by atoms with Gasteiger partial charge in [-0.2, -0.15) is 0 Å². The molecule has 0 unspecified atom stereocenters. The summed E-state index contributed by atoms with van der Waals surface area (Å²) in [7, 11) is 0. The van der Waals surface area contributed by atoms with Crippen LogP contribution in [0.15, 0.2) is 170 Å². The predicted octanol–water partition coefficient (Wildman–Crippen LogP) is 11.7. The lowest BCUT2D eigenvalue weighted by Crippen LogP contribution is -2.00. The molecule has 4 nitrogen and oxygen atoms in total. The van der Waals surface area contributed by atoms with Crippen molar-refractivity contribution in [2.24, 2.45) is 0 Å². The van der Waals surface area contributed by atoms with E-state index >= 15 is 0 Å². The van der Waals surface area contributed by atoms with Crippen LogP contribution in [0.1, 0.15) is 18.5 Å². The maximum atomic E-state index is 5.12. The van der Waals surface area contributed by atoms with Crippen LogP contribution < -0.4 is 0 Å². The van der Waals surface area contributed by atoms with Crippen molar-refractivity contribution < 1.29 is 0 Å². The molecule has 0 saturated carbocycles. The van der Waals surface area contributed by atoms with Gasteiger partial charge in [0, 0.05) is 44.0 Å². The van der Waals surface area contributed by atoms with Gasteiger partial charge in [0.1, 0.15) is 0 Å². The molecule has 0 radical (unpaired) electrons. The van der Waals surface area contributed by atoms with E-state index in [4.69, 9.17) is 9.97 Å². The van der Waals surface area contributed by atoms with Crippen LogP contribution in [0.3, 0.4) is 0 Å². The molecular formula is C46H32N4. The Morgan fingerprint density at radius 2 is 1.02 bits per heavy atom. The molecule has 0 N–H and O–H groups in total. The fraction of sp³-hybridized carbons (Fsp3) is 0.0435. The highest BCUT2D eigenvalue weighted by Crippen LogP contribution is 2.40. The van der Waals surface area contributed by atoms with Gasteiger partial charge in [-0.05, 0) is 85.1 Å². The molecule has 0 bridgehead atoms. The van der Waals surface area contributed by atoms with E-state index in [-0.39, 0.29) is 0 Å². The van der Waals surface area contributed by atoms with Crippen LogP contribution in [0.25, 0.3) is 83.2 Å². The number of rotatable bonds is 5. The van der Waals surface area contributed by atoms with Crippen molar-refractivity contribution in [3.05, 3.63) is 176 Å². The third-order valence-electron chi connectivity index (χ3n) is 10.0. The van der Waals surface area contributed by atoms with Crippen LogP contribution in [-0.2, 0) is 0 Å². The molecule has 0 atom stereocenters. The molecular weight excluding hydrogens is 609 g/mol. The molecule has 3 heterocycles. The molecule has 0 amide bonds. The summed E-state index contributed by atoms with van der Waals surface area (Å²) in [6.07, 6.45) is 8.53. The number of para-hydroxylation sites is 3. The van der Waals surface area contributed by atoms with Crippen LogP contribution in [-0.4, -0.2) is 19.1 Å². The van der Waals surface area contributed by atoms with Crippen molar-refractivity contribution >= 4 is 49.2 Å². The summed E-state index contributed by atoms with van der Waals surface area (Å²) < 4.78 is 4.79. The van der Waals surface area contributed by atoms with Crippen LogP contribution in [0, 0.1) is 0 Å². The summed E-state index contributed by atoms with van der Waals surface area (Å²) in [6, 6.07) is 54.2. The van der Waals surface area contributed by atoms with Crippen LogP contribution in [0.4, 0.5) is 0 Å². The molecule has 4 heteroatoms. The first kappa shape index (κ1) is 28.5. The van der Waals surface area contributed by atoms with Gasteiger partial charge in [-0.1, -0.05) is 103 Å². The SMILES string of the molecule is C1=CCCC(c2cc(-c3ccccc3)nc(-c3ccc(-n4c5ccccc5c5cc6c7ccccc7n(-c7ccccc7)c6cc54)cc3)n2)=C1. The summed E-state index contributed by atoms with van der Waals surface area (Å²) in [4.78, 5) is 10.2. The van der Waals surface area contributed by atoms with Gasteiger partial charge in [-0.25, -0.2) is 9.97 Å². The van der Waals surface area contributed by atoms with Gasteiger partial charge in [0.25, 0.3) is 0 Å². The van der Waals surface area contributed by atoms with E-state index in [9.17, 15) is 0 Å². The molecule has 0 aliphatic heterocycles. The van der Waals surface area contributed by atoms with Gasteiger partial charge in [-0.15, -0.1) is 0 Å². The van der Waals surface area contributed by atoms with Gasteiger partial charge in [-0.3, -0.25) is 0 Å². The number of nitrogens with zero attached hydrogens (tertiary/aromatic N) is 4. The third kappa shape index (κ3) is 4.61. The van der Waals surface area contributed by atoms with E-state index in [0.29, 0.717) is 0 Å². The van der Waals surface area contributed by atoms with Gasteiger partial charge in [0.2, 0.25) is 0 Å². The second kappa shape index (κ2) is 11.6. The molecule has 1 aliphatic carbocycles. The van der Waals surface area contributed by atoms with E-state index < -0.39 is 0 Å². The first-order valence-electron chi connectivity index (χ1n) is 17.2. The van der Waals surface area contributed by atoms with E-state index in [1.54, 1.807) is 0 Å². The monoisotopic (exact) mass is 640 g/mol. The fourth-order valence-corrected chi connectivity index (χ4v) is 7.64. The molecule has 3 aromatic heterocycles. The van der Waals surface area contributed by atoms with Gasteiger partial charge < -0.3 is 9.13 Å². The third-order valence-corrected chi connectivity index (χ3v) is 10.0. The minimum absolute atomic E-state index is 0.736. The molecule has 6 aromatic carbocycles. The van der Waals surface area contributed by atoms with Gasteiger partial charge >= 0.3 is 0 Å². The number of fused-ring (bicyclic) bond motifs is 6. The number of hydrogen-bond donors (Lipinski definition) is 0. The zero-order valence-corrected chi connectivity index (χ0v) is 27.4.